The Hall–Kier alpha value is -2.14. The summed E-state index contributed by atoms with van der Waals surface area (Å²) in [4.78, 5) is 19.0. The Morgan fingerprint density at radius 2 is 2.11 bits per heavy atom. The number of amides is 1. The molecular formula is C12H11ClN4O. The van der Waals surface area contributed by atoms with Gasteiger partial charge in [-0.25, -0.2) is 4.98 Å². The van der Waals surface area contributed by atoms with Gasteiger partial charge in [-0.3, -0.25) is 9.78 Å². The maximum atomic E-state index is 11.2. The van der Waals surface area contributed by atoms with E-state index in [1.165, 1.54) is 6.20 Å². The zero-order valence-corrected chi connectivity index (χ0v) is 10.2. The first-order valence-corrected chi connectivity index (χ1v) is 5.63. The van der Waals surface area contributed by atoms with Crippen molar-refractivity contribution >= 4 is 23.2 Å². The molecule has 1 amide bonds. The van der Waals surface area contributed by atoms with E-state index in [1.54, 1.807) is 18.5 Å². The van der Waals surface area contributed by atoms with Gasteiger partial charge in [-0.2, -0.15) is 0 Å². The summed E-state index contributed by atoms with van der Waals surface area (Å²) in [6.45, 7) is 0.545. The average molecular weight is 263 g/mol. The highest BCUT2D eigenvalue weighted by Gasteiger charge is 2.09. The number of aromatic nitrogens is 2. The van der Waals surface area contributed by atoms with Crippen LogP contribution in [0.1, 0.15) is 15.9 Å². The van der Waals surface area contributed by atoms with E-state index in [0.717, 1.165) is 5.56 Å². The largest absolute Gasteiger partial charge is 0.380 e. The van der Waals surface area contributed by atoms with E-state index >= 15 is 0 Å². The van der Waals surface area contributed by atoms with Crippen molar-refractivity contribution in [1.82, 2.24) is 9.97 Å². The van der Waals surface area contributed by atoms with Gasteiger partial charge >= 0.3 is 0 Å². The molecule has 0 radical (unpaired) electrons. The van der Waals surface area contributed by atoms with Gasteiger partial charge in [0.25, 0.3) is 5.91 Å². The van der Waals surface area contributed by atoms with Gasteiger partial charge < -0.3 is 11.1 Å². The summed E-state index contributed by atoms with van der Waals surface area (Å²) >= 11 is 5.79. The lowest BCUT2D eigenvalue weighted by Gasteiger charge is -2.09. The Labute approximate surface area is 109 Å². The van der Waals surface area contributed by atoms with Crippen LogP contribution in [0.15, 0.2) is 36.8 Å². The molecule has 0 aliphatic carbocycles. The highest BCUT2D eigenvalue weighted by Crippen LogP contribution is 2.19. The minimum absolute atomic E-state index is 0.303. The van der Waals surface area contributed by atoms with E-state index in [1.807, 2.05) is 12.1 Å². The van der Waals surface area contributed by atoms with Crippen molar-refractivity contribution in [3.63, 3.8) is 0 Å². The minimum atomic E-state index is -0.545. The second-order valence-corrected chi connectivity index (χ2v) is 4.01. The Balaban J connectivity index is 2.18. The number of anilines is 1. The molecule has 0 saturated heterocycles. The van der Waals surface area contributed by atoms with Crippen molar-refractivity contribution in [2.24, 2.45) is 5.73 Å². The van der Waals surface area contributed by atoms with Gasteiger partial charge in [0, 0.05) is 25.1 Å². The van der Waals surface area contributed by atoms with Crippen molar-refractivity contribution in [3.05, 3.63) is 53.1 Å². The number of hydrogen-bond acceptors (Lipinski definition) is 4. The van der Waals surface area contributed by atoms with Crippen molar-refractivity contribution in [1.29, 1.82) is 0 Å². The van der Waals surface area contributed by atoms with Crippen molar-refractivity contribution in [2.45, 2.75) is 6.54 Å². The molecule has 2 aromatic rings. The summed E-state index contributed by atoms with van der Waals surface area (Å²) in [7, 11) is 0. The van der Waals surface area contributed by atoms with Crippen LogP contribution in [-0.2, 0) is 6.54 Å². The monoisotopic (exact) mass is 262 g/mol. The van der Waals surface area contributed by atoms with Crippen LogP contribution in [-0.4, -0.2) is 15.9 Å². The predicted octanol–water partition coefficient (Wildman–Crippen LogP) is 1.84. The molecule has 0 fully saturated rings. The molecule has 6 heteroatoms. The highest BCUT2D eigenvalue weighted by atomic mass is 35.5. The summed E-state index contributed by atoms with van der Waals surface area (Å²) in [5.41, 5.74) is 7.18. The van der Waals surface area contributed by atoms with Gasteiger partial charge in [0.2, 0.25) is 0 Å². The molecule has 18 heavy (non-hydrogen) atoms. The maximum absolute atomic E-state index is 11.2. The van der Waals surface area contributed by atoms with Crippen molar-refractivity contribution in [2.75, 3.05) is 5.32 Å². The van der Waals surface area contributed by atoms with Gasteiger partial charge in [-0.15, -0.1) is 0 Å². The fraction of sp³-hybridized carbons (Fsp3) is 0.0833. The maximum Gasteiger partial charge on any atom is 0.252 e. The molecule has 2 rings (SSSR count). The fourth-order valence-corrected chi connectivity index (χ4v) is 1.63. The Morgan fingerprint density at radius 1 is 1.39 bits per heavy atom. The molecule has 0 saturated carbocycles. The van der Waals surface area contributed by atoms with Crippen LogP contribution in [0.4, 0.5) is 5.69 Å². The summed E-state index contributed by atoms with van der Waals surface area (Å²) in [6.07, 6.45) is 4.76. The number of primary amides is 1. The van der Waals surface area contributed by atoms with Crippen LogP contribution in [0.3, 0.4) is 0 Å². The van der Waals surface area contributed by atoms with Crippen molar-refractivity contribution in [3.8, 4) is 0 Å². The van der Waals surface area contributed by atoms with E-state index < -0.39 is 5.91 Å². The number of carbonyl (C=O) groups is 1. The summed E-state index contributed by atoms with van der Waals surface area (Å²) in [6, 6.07) is 5.32. The molecule has 0 atom stereocenters. The topological polar surface area (TPSA) is 80.9 Å². The summed E-state index contributed by atoms with van der Waals surface area (Å²) in [5, 5.41) is 3.40. The van der Waals surface area contributed by atoms with Crippen LogP contribution in [0.25, 0.3) is 0 Å². The van der Waals surface area contributed by atoms with Crippen LogP contribution < -0.4 is 11.1 Å². The molecule has 92 valence electrons. The molecule has 0 spiro atoms. The van der Waals surface area contributed by atoms with E-state index in [0.29, 0.717) is 22.9 Å². The quantitative estimate of drug-likeness (QED) is 0.824. The van der Waals surface area contributed by atoms with Crippen molar-refractivity contribution < 1.29 is 4.79 Å². The first kappa shape index (κ1) is 12.3. The Bertz CT molecular complexity index is 559. The van der Waals surface area contributed by atoms with Crippen LogP contribution in [0, 0.1) is 0 Å². The summed E-state index contributed by atoms with van der Waals surface area (Å²) in [5.74, 6) is -0.545. The smallest absolute Gasteiger partial charge is 0.252 e. The molecule has 0 aliphatic rings. The SMILES string of the molecule is NC(=O)c1cnc(Cl)cc1NCc1ccncc1. The first-order chi connectivity index (χ1) is 8.66. The lowest BCUT2D eigenvalue weighted by atomic mass is 10.2. The fourth-order valence-electron chi connectivity index (χ4n) is 1.47. The van der Waals surface area contributed by atoms with Gasteiger partial charge in [0.05, 0.1) is 11.3 Å². The minimum Gasteiger partial charge on any atom is -0.380 e. The van der Waals surface area contributed by atoms with Gasteiger partial charge in [-0.05, 0) is 23.8 Å². The van der Waals surface area contributed by atoms with E-state index in [9.17, 15) is 4.79 Å². The normalized spacial score (nSPS) is 10.1. The molecule has 3 N–H and O–H groups in total. The lowest BCUT2D eigenvalue weighted by molar-refractivity contribution is 0.100. The van der Waals surface area contributed by atoms with Gasteiger partial charge in [0.15, 0.2) is 0 Å². The molecular weight excluding hydrogens is 252 g/mol. The number of rotatable bonds is 4. The van der Waals surface area contributed by atoms with Crippen LogP contribution in [0.5, 0.6) is 0 Å². The molecule has 0 bridgehead atoms. The number of nitrogens with zero attached hydrogens (tertiary/aromatic N) is 2. The molecule has 0 aliphatic heterocycles. The van der Waals surface area contributed by atoms with Crippen LogP contribution in [0.2, 0.25) is 5.15 Å². The highest BCUT2D eigenvalue weighted by molar-refractivity contribution is 6.29. The van der Waals surface area contributed by atoms with Gasteiger partial charge in [-0.1, -0.05) is 11.6 Å². The van der Waals surface area contributed by atoms with E-state index in [2.05, 4.69) is 15.3 Å². The third-order valence-corrected chi connectivity index (χ3v) is 2.58. The van der Waals surface area contributed by atoms with Crippen LogP contribution >= 0.6 is 11.6 Å². The number of halogens is 1. The molecule has 2 aromatic heterocycles. The average Bonchev–Trinajstić information content (AvgIpc) is 2.37. The third kappa shape index (κ3) is 2.95. The second kappa shape index (κ2) is 5.46. The number of carbonyl (C=O) groups excluding carboxylic acids is 1. The second-order valence-electron chi connectivity index (χ2n) is 3.63. The zero-order chi connectivity index (χ0) is 13.0. The van der Waals surface area contributed by atoms with E-state index in [-0.39, 0.29) is 0 Å². The predicted molar refractivity (Wildman–Crippen MR) is 69.3 cm³/mol. The standard InChI is InChI=1S/C12H11ClN4O/c13-11-5-10(9(7-17-11)12(14)18)16-6-8-1-3-15-4-2-8/h1-5,7H,6H2,(H2,14,18)(H,16,17). The molecule has 2 heterocycles. The number of pyridine rings is 2. The number of nitrogens with one attached hydrogen (secondary N) is 1. The lowest BCUT2D eigenvalue weighted by Crippen LogP contribution is -2.15. The zero-order valence-electron chi connectivity index (χ0n) is 9.43. The van der Waals surface area contributed by atoms with Gasteiger partial charge in [0.1, 0.15) is 5.15 Å². The Kier molecular flexibility index (Phi) is 3.74. The number of nitrogens with two attached hydrogens (primary N) is 1. The Morgan fingerprint density at radius 3 is 2.78 bits per heavy atom. The molecule has 0 unspecified atom stereocenters. The summed E-state index contributed by atoms with van der Waals surface area (Å²) < 4.78 is 0. The first-order valence-electron chi connectivity index (χ1n) is 5.25. The number of hydrogen-bond donors (Lipinski definition) is 2. The molecule has 0 aromatic carbocycles. The van der Waals surface area contributed by atoms with E-state index in [4.69, 9.17) is 17.3 Å². The third-order valence-electron chi connectivity index (χ3n) is 2.37. The molecule has 5 nitrogen and oxygen atoms in total.